The predicted octanol–water partition coefficient (Wildman–Crippen LogP) is 3.41. The van der Waals surface area contributed by atoms with E-state index in [2.05, 4.69) is 16.4 Å². The summed E-state index contributed by atoms with van der Waals surface area (Å²) < 4.78 is 5.14. The van der Waals surface area contributed by atoms with Crippen LogP contribution in [0.4, 0.5) is 0 Å². The molecule has 0 heterocycles. The van der Waals surface area contributed by atoms with Crippen molar-refractivity contribution in [3.05, 3.63) is 77.4 Å². The van der Waals surface area contributed by atoms with Gasteiger partial charge in [0.2, 0.25) is 0 Å². The van der Waals surface area contributed by atoms with E-state index in [1.165, 1.54) is 37.3 Å². The van der Waals surface area contributed by atoms with Crippen LogP contribution in [0.15, 0.2) is 60.7 Å². The number of ether oxygens (including phenoxy) is 1. The van der Waals surface area contributed by atoms with E-state index in [9.17, 15) is 14.4 Å². The number of carbonyl (C=O) groups is 3. The van der Waals surface area contributed by atoms with Crippen molar-refractivity contribution in [1.82, 2.24) is 0 Å². The third-order valence-corrected chi connectivity index (χ3v) is 3.26. The van der Waals surface area contributed by atoms with Gasteiger partial charge in [-0.3, -0.25) is 0 Å². The number of benzene rings is 2. The van der Waals surface area contributed by atoms with Gasteiger partial charge in [-0.1, -0.05) is 30.8 Å². The number of rotatable bonds is 4. The Hall–Kier alpha value is -3.41. The Morgan fingerprint density at radius 2 is 1.52 bits per heavy atom. The van der Waals surface area contributed by atoms with Crippen LogP contribution >= 0.6 is 0 Å². The van der Waals surface area contributed by atoms with E-state index in [-0.39, 0.29) is 22.4 Å². The lowest BCUT2D eigenvalue weighted by Crippen LogP contribution is -2.14. The van der Waals surface area contributed by atoms with Crippen LogP contribution in [-0.2, 0) is 14.6 Å². The van der Waals surface area contributed by atoms with E-state index in [1.54, 1.807) is 25.1 Å². The first-order valence-electron chi connectivity index (χ1n) is 7.35. The molecule has 0 spiro atoms. The quantitative estimate of drug-likeness (QED) is 0.279. The van der Waals surface area contributed by atoms with Gasteiger partial charge in [-0.05, 0) is 38.1 Å². The van der Waals surface area contributed by atoms with E-state index in [4.69, 9.17) is 4.74 Å². The lowest BCUT2D eigenvalue weighted by Gasteiger charge is -2.10. The molecule has 2 rings (SSSR count). The summed E-state index contributed by atoms with van der Waals surface area (Å²) in [4.78, 5) is 44.6. The van der Waals surface area contributed by atoms with Gasteiger partial charge < -0.3 is 4.74 Å². The summed E-state index contributed by atoms with van der Waals surface area (Å²) in [5.74, 6) is -2.09. The molecule has 0 aliphatic heterocycles. The summed E-state index contributed by atoms with van der Waals surface area (Å²) in [6.45, 7) is 6.59. The van der Waals surface area contributed by atoms with Gasteiger partial charge in [0.25, 0.3) is 0 Å². The molecule has 0 bridgehead atoms. The van der Waals surface area contributed by atoms with Gasteiger partial charge >= 0.3 is 17.9 Å². The normalized spacial score (nSPS) is 9.84. The zero-order valence-corrected chi connectivity index (χ0v) is 13.8. The molecule has 0 aliphatic rings. The highest BCUT2D eigenvalue weighted by Gasteiger charge is 2.19. The second-order valence-corrected chi connectivity index (χ2v) is 5.21. The van der Waals surface area contributed by atoms with Crippen LogP contribution < -0.4 is 4.74 Å². The molecule has 0 saturated heterocycles. The number of hydrogen-bond donors (Lipinski definition) is 0. The van der Waals surface area contributed by atoms with E-state index in [0.29, 0.717) is 5.56 Å². The maximum Gasteiger partial charge on any atom is 0.386 e. The van der Waals surface area contributed by atoms with Crippen molar-refractivity contribution in [2.24, 2.45) is 0 Å². The van der Waals surface area contributed by atoms with Gasteiger partial charge in [-0.25, -0.2) is 24.2 Å². The highest BCUT2D eigenvalue weighted by molar-refractivity contribution is 5.94. The third kappa shape index (κ3) is 4.54. The SMILES string of the molecule is C=C(C)C(=O)Oc1cccc(C(=O)OOC(=O)c2ccccc2)c1C. The molecule has 0 unspecified atom stereocenters. The predicted molar refractivity (Wildman–Crippen MR) is 88.9 cm³/mol. The molecule has 2 aromatic carbocycles. The largest absolute Gasteiger partial charge is 0.423 e. The lowest BCUT2D eigenvalue weighted by molar-refractivity contribution is -0.187. The first-order chi connectivity index (χ1) is 11.9. The Morgan fingerprint density at radius 3 is 2.16 bits per heavy atom. The highest BCUT2D eigenvalue weighted by atomic mass is 17.2. The summed E-state index contributed by atoms with van der Waals surface area (Å²) >= 11 is 0. The summed E-state index contributed by atoms with van der Waals surface area (Å²) in [6, 6.07) is 12.6. The van der Waals surface area contributed by atoms with Gasteiger partial charge in [0.15, 0.2) is 0 Å². The molecule has 0 aromatic heterocycles. The van der Waals surface area contributed by atoms with Crippen LogP contribution in [0, 0.1) is 6.92 Å². The Bertz CT molecular complexity index is 823. The maximum atomic E-state index is 12.1. The van der Waals surface area contributed by atoms with E-state index in [1.807, 2.05) is 0 Å². The van der Waals surface area contributed by atoms with E-state index < -0.39 is 17.9 Å². The average Bonchev–Trinajstić information content (AvgIpc) is 2.61. The van der Waals surface area contributed by atoms with Gasteiger partial charge in [-0.2, -0.15) is 0 Å². The molecule has 0 radical (unpaired) electrons. The van der Waals surface area contributed by atoms with Crippen molar-refractivity contribution >= 4 is 17.9 Å². The zero-order chi connectivity index (χ0) is 18.4. The van der Waals surface area contributed by atoms with Crippen LogP contribution in [0.1, 0.15) is 33.2 Å². The minimum atomic E-state index is -0.880. The number of esters is 1. The molecular formula is C19H16O6. The minimum absolute atomic E-state index is 0.105. The fourth-order valence-corrected chi connectivity index (χ4v) is 1.88. The van der Waals surface area contributed by atoms with Crippen LogP contribution in [0.3, 0.4) is 0 Å². The van der Waals surface area contributed by atoms with Gasteiger partial charge in [0.05, 0.1) is 11.1 Å². The molecule has 2 aromatic rings. The van der Waals surface area contributed by atoms with Crippen molar-refractivity contribution in [3.8, 4) is 5.75 Å². The van der Waals surface area contributed by atoms with Crippen molar-refractivity contribution in [3.63, 3.8) is 0 Å². The van der Waals surface area contributed by atoms with Crippen LogP contribution in [0.5, 0.6) is 5.75 Å². The minimum Gasteiger partial charge on any atom is -0.423 e. The molecule has 25 heavy (non-hydrogen) atoms. The molecule has 0 fully saturated rings. The van der Waals surface area contributed by atoms with E-state index in [0.717, 1.165) is 0 Å². The first-order valence-corrected chi connectivity index (χ1v) is 7.35. The molecule has 0 atom stereocenters. The molecular weight excluding hydrogens is 324 g/mol. The van der Waals surface area contributed by atoms with Crippen molar-refractivity contribution < 1.29 is 28.9 Å². The Kier molecular flexibility index (Phi) is 5.68. The smallest absolute Gasteiger partial charge is 0.386 e. The molecule has 0 N–H and O–H groups in total. The van der Waals surface area contributed by atoms with Gasteiger partial charge in [0.1, 0.15) is 5.75 Å². The van der Waals surface area contributed by atoms with Gasteiger partial charge in [0, 0.05) is 11.1 Å². The molecule has 6 nitrogen and oxygen atoms in total. The molecule has 0 aliphatic carbocycles. The Labute approximate surface area is 144 Å². The van der Waals surface area contributed by atoms with Crippen molar-refractivity contribution in [1.29, 1.82) is 0 Å². The highest BCUT2D eigenvalue weighted by Crippen LogP contribution is 2.23. The molecule has 128 valence electrons. The molecule has 0 saturated carbocycles. The lowest BCUT2D eigenvalue weighted by atomic mass is 10.1. The number of carbonyl (C=O) groups excluding carboxylic acids is 3. The molecule has 6 heteroatoms. The second-order valence-electron chi connectivity index (χ2n) is 5.21. The second kappa shape index (κ2) is 7.92. The van der Waals surface area contributed by atoms with Crippen LogP contribution in [-0.4, -0.2) is 17.9 Å². The summed E-state index contributed by atoms with van der Waals surface area (Å²) in [5.41, 5.74) is 0.950. The first kappa shape index (κ1) is 17.9. The topological polar surface area (TPSA) is 78.9 Å². The summed E-state index contributed by atoms with van der Waals surface area (Å²) in [5, 5.41) is 0. The molecule has 0 amide bonds. The maximum absolute atomic E-state index is 12.1. The fraction of sp³-hybridized carbons (Fsp3) is 0.105. The number of hydrogen-bond acceptors (Lipinski definition) is 6. The van der Waals surface area contributed by atoms with Crippen LogP contribution in [0.25, 0.3) is 0 Å². The van der Waals surface area contributed by atoms with Crippen molar-refractivity contribution in [2.75, 3.05) is 0 Å². The third-order valence-electron chi connectivity index (χ3n) is 3.26. The fourth-order valence-electron chi connectivity index (χ4n) is 1.88. The summed E-state index contributed by atoms with van der Waals surface area (Å²) in [6.07, 6.45) is 0. The zero-order valence-electron chi connectivity index (χ0n) is 13.8. The van der Waals surface area contributed by atoms with E-state index >= 15 is 0 Å². The van der Waals surface area contributed by atoms with Crippen LogP contribution in [0.2, 0.25) is 0 Å². The Morgan fingerprint density at radius 1 is 0.880 bits per heavy atom. The van der Waals surface area contributed by atoms with Crippen molar-refractivity contribution in [2.45, 2.75) is 13.8 Å². The monoisotopic (exact) mass is 340 g/mol. The standard InChI is InChI=1S/C19H16O6/c1-12(2)17(20)23-16-11-7-10-15(13(16)3)19(22)25-24-18(21)14-8-5-4-6-9-14/h4-11H,1H2,2-3H3. The average molecular weight is 340 g/mol. The summed E-state index contributed by atoms with van der Waals surface area (Å²) in [7, 11) is 0. The Balaban J connectivity index is 2.08. The van der Waals surface area contributed by atoms with Gasteiger partial charge in [-0.15, -0.1) is 0 Å².